The molecule has 134 valence electrons. The summed E-state index contributed by atoms with van der Waals surface area (Å²) < 4.78 is 7.59. The van der Waals surface area contributed by atoms with Gasteiger partial charge in [0.1, 0.15) is 12.4 Å². The van der Waals surface area contributed by atoms with Crippen LogP contribution in [0.5, 0.6) is 5.75 Å². The number of Topliss-reactive ketones (excluding diaryl/α,β-unsaturated/α-hetero) is 1. The average Bonchev–Trinajstić information content (AvgIpc) is 3.12. The number of allylic oxidation sites excluding steroid dienone is 2. The molecule has 25 heavy (non-hydrogen) atoms. The fraction of sp³-hybridized carbons (Fsp3) is 0.400. The van der Waals surface area contributed by atoms with E-state index in [0.29, 0.717) is 16.5 Å². The molecule has 1 aromatic carbocycles. The predicted octanol–water partition coefficient (Wildman–Crippen LogP) is 5.24. The number of halogens is 1. The Bertz CT molecular complexity index is 704. The molecule has 2 rings (SSSR count). The first kappa shape index (κ1) is 19.3. The van der Waals surface area contributed by atoms with Crippen molar-refractivity contribution in [2.45, 2.75) is 40.0 Å². The van der Waals surface area contributed by atoms with Crippen LogP contribution in [0.3, 0.4) is 0 Å². The summed E-state index contributed by atoms with van der Waals surface area (Å²) in [6.45, 7) is 6.22. The molecule has 0 fully saturated rings. The number of imidazole rings is 1. The first-order valence-electron chi connectivity index (χ1n) is 8.55. The third kappa shape index (κ3) is 5.46. The molecule has 0 atom stereocenters. The molecule has 5 heteroatoms. The molecule has 0 N–H and O–H groups in total. The zero-order valence-electron chi connectivity index (χ0n) is 15.0. The van der Waals surface area contributed by atoms with Gasteiger partial charge >= 0.3 is 0 Å². The smallest absolute Gasteiger partial charge is 0.188 e. The van der Waals surface area contributed by atoms with Crippen molar-refractivity contribution in [3.8, 4) is 5.75 Å². The number of ether oxygens (including phenoxy) is 1. The number of ketones is 1. The van der Waals surface area contributed by atoms with Crippen LogP contribution in [0.2, 0.25) is 5.02 Å². The molecule has 4 nitrogen and oxygen atoms in total. The van der Waals surface area contributed by atoms with Gasteiger partial charge in [0.2, 0.25) is 0 Å². The van der Waals surface area contributed by atoms with E-state index in [1.165, 1.54) is 0 Å². The minimum atomic E-state index is -0.665. The van der Waals surface area contributed by atoms with Gasteiger partial charge in [0.05, 0.1) is 17.4 Å². The SMILES string of the molecule is CCCCC=C(C(=O)C(C)(C)COc1ccc(Cl)cc1)n1ccnc1. The largest absolute Gasteiger partial charge is 0.493 e. The van der Waals surface area contributed by atoms with Crippen LogP contribution in [0.25, 0.3) is 5.70 Å². The van der Waals surface area contributed by atoms with E-state index < -0.39 is 5.41 Å². The monoisotopic (exact) mass is 360 g/mol. The Balaban J connectivity index is 2.12. The van der Waals surface area contributed by atoms with Gasteiger partial charge in [-0.2, -0.15) is 0 Å². The molecule has 0 aliphatic heterocycles. The Morgan fingerprint density at radius 2 is 2.04 bits per heavy atom. The van der Waals surface area contributed by atoms with Crippen LogP contribution >= 0.6 is 11.6 Å². The normalized spacial score (nSPS) is 12.2. The third-order valence-corrected chi connectivity index (χ3v) is 4.19. The Morgan fingerprint density at radius 1 is 1.32 bits per heavy atom. The van der Waals surface area contributed by atoms with Crippen LogP contribution in [0.15, 0.2) is 49.1 Å². The van der Waals surface area contributed by atoms with E-state index in [4.69, 9.17) is 16.3 Å². The van der Waals surface area contributed by atoms with Crippen molar-refractivity contribution in [2.24, 2.45) is 5.41 Å². The number of benzene rings is 1. The van der Waals surface area contributed by atoms with Crippen molar-refractivity contribution in [3.05, 3.63) is 54.1 Å². The fourth-order valence-electron chi connectivity index (χ4n) is 2.37. The minimum Gasteiger partial charge on any atom is -0.493 e. The topological polar surface area (TPSA) is 44.1 Å². The minimum absolute atomic E-state index is 0.0376. The lowest BCUT2D eigenvalue weighted by Crippen LogP contribution is -2.33. The highest BCUT2D eigenvalue weighted by molar-refractivity contribution is 6.30. The Hall–Kier alpha value is -2.07. The zero-order valence-corrected chi connectivity index (χ0v) is 15.8. The van der Waals surface area contributed by atoms with Gasteiger partial charge in [-0.1, -0.05) is 31.0 Å². The highest BCUT2D eigenvalue weighted by Gasteiger charge is 2.32. The average molecular weight is 361 g/mol. The molecule has 0 aliphatic carbocycles. The van der Waals surface area contributed by atoms with E-state index in [-0.39, 0.29) is 12.4 Å². The van der Waals surface area contributed by atoms with Crippen LogP contribution in [0.1, 0.15) is 40.0 Å². The molecule has 0 amide bonds. The van der Waals surface area contributed by atoms with Crippen LogP contribution in [-0.2, 0) is 4.79 Å². The molecule has 0 bridgehead atoms. The van der Waals surface area contributed by atoms with E-state index in [0.717, 1.165) is 19.3 Å². The lowest BCUT2D eigenvalue weighted by atomic mass is 9.86. The molecule has 0 saturated carbocycles. The van der Waals surface area contributed by atoms with Crippen LogP contribution in [-0.4, -0.2) is 21.9 Å². The Kier molecular flexibility index (Phi) is 6.82. The first-order valence-corrected chi connectivity index (χ1v) is 8.93. The van der Waals surface area contributed by atoms with Gasteiger partial charge in [0.15, 0.2) is 5.78 Å². The second-order valence-electron chi connectivity index (χ2n) is 6.66. The van der Waals surface area contributed by atoms with Gasteiger partial charge in [-0.25, -0.2) is 4.98 Å². The number of carbonyl (C=O) groups is 1. The van der Waals surface area contributed by atoms with E-state index in [1.54, 1.807) is 47.6 Å². The number of hydrogen-bond donors (Lipinski definition) is 0. The quantitative estimate of drug-likeness (QED) is 0.453. The number of rotatable bonds is 9. The van der Waals surface area contributed by atoms with Gasteiger partial charge in [-0.05, 0) is 51.0 Å². The summed E-state index contributed by atoms with van der Waals surface area (Å²) in [4.78, 5) is 17.2. The summed E-state index contributed by atoms with van der Waals surface area (Å²) in [5.41, 5.74) is -0.0160. The molecular weight excluding hydrogens is 336 g/mol. The number of nitrogens with zero attached hydrogens (tertiary/aromatic N) is 2. The van der Waals surface area contributed by atoms with E-state index in [9.17, 15) is 4.79 Å². The second-order valence-corrected chi connectivity index (χ2v) is 7.09. The number of aromatic nitrogens is 2. The number of hydrogen-bond acceptors (Lipinski definition) is 3. The van der Waals surface area contributed by atoms with Crippen molar-refractivity contribution in [1.29, 1.82) is 0 Å². The molecule has 0 unspecified atom stereocenters. The molecule has 1 heterocycles. The standard InChI is InChI=1S/C20H25ClN2O2/c1-4-5-6-7-18(23-13-12-22-15-23)19(24)20(2,3)14-25-17-10-8-16(21)9-11-17/h7-13,15H,4-6,14H2,1-3H3. The van der Waals surface area contributed by atoms with E-state index in [2.05, 4.69) is 11.9 Å². The molecule has 0 saturated heterocycles. The summed E-state index contributed by atoms with van der Waals surface area (Å²) in [5, 5.41) is 0.656. The zero-order chi connectivity index (χ0) is 18.3. The van der Waals surface area contributed by atoms with Gasteiger partial charge < -0.3 is 9.30 Å². The fourth-order valence-corrected chi connectivity index (χ4v) is 2.49. The molecule has 0 spiro atoms. The lowest BCUT2D eigenvalue weighted by molar-refractivity contribution is -0.123. The molecule has 1 aromatic heterocycles. The van der Waals surface area contributed by atoms with Gasteiger partial charge in [-0.15, -0.1) is 0 Å². The molecule has 0 radical (unpaired) electrons. The Labute approximate surface area is 154 Å². The summed E-state index contributed by atoms with van der Waals surface area (Å²) in [5.74, 6) is 0.736. The summed E-state index contributed by atoms with van der Waals surface area (Å²) >= 11 is 5.89. The maximum atomic E-state index is 13.1. The van der Waals surface area contributed by atoms with E-state index in [1.807, 2.05) is 19.9 Å². The van der Waals surface area contributed by atoms with Gasteiger partial charge in [-0.3, -0.25) is 4.79 Å². The van der Waals surface area contributed by atoms with Crippen LogP contribution in [0, 0.1) is 5.41 Å². The molecular formula is C20H25ClN2O2. The molecule has 2 aromatic rings. The summed E-state index contributed by atoms with van der Waals surface area (Å²) in [7, 11) is 0. The summed E-state index contributed by atoms with van der Waals surface area (Å²) in [6.07, 6.45) is 10.1. The van der Waals surface area contributed by atoms with Gasteiger partial charge in [0.25, 0.3) is 0 Å². The van der Waals surface area contributed by atoms with Crippen molar-refractivity contribution in [3.63, 3.8) is 0 Å². The lowest BCUT2D eigenvalue weighted by Gasteiger charge is -2.25. The first-order chi connectivity index (χ1) is 11.9. The highest BCUT2D eigenvalue weighted by atomic mass is 35.5. The third-order valence-electron chi connectivity index (χ3n) is 3.94. The van der Waals surface area contributed by atoms with Crippen LogP contribution in [0.4, 0.5) is 0 Å². The number of carbonyl (C=O) groups excluding carboxylic acids is 1. The number of unbranched alkanes of at least 4 members (excludes halogenated alkanes) is 2. The van der Waals surface area contributed by atoms with Crippen LogP contribution < -0.4 is 4.74 Å². The summed E-state index contributed by atoms with van der Waals surface area (Å²) in [6, 6.07) is 7.15. The highest BCUT2D eigenvalue weighted by Crippen LogP contribution is 2.26. The van der Waals surface area contributed by atoms with Crippen molar-refractivity contribution in [1.82, 2.24) is 9.55 Å². The maximum Gasteiger partial charge on any atom is 0.188 e. The Morgan fingerprint density at radius 3 is 2.64 bits per heavy atom. The predicted molar refractivity (Wildman–Crippen MR) is 102 cm³/mol. The van der Waals surface area contributed by atoms with Crippen molar-refractivity contribution >= 4 is 23.1 Å². The molecule has 0 aliphatic rings. The van der Waals surface area contributed by atoms with Crippen molar-refractivity contribution in [2.75, 3.05) is 6.61 Å². The second kappa shape index (κ2) is 8.86. The van der Waals surface area contributed by atoms with Gasteiger partial charge in [0, 0.05) is 17.4 Å². The van der Waals surface area contributed by atoms with Crippen molar-refractivity contribution < 1.29 is 9.53 Å². The van der Waals surface area contributed by atoms with E-state index >= 15 is 0 Å². The maximum absolute atomic E-state index is 13.1.